The van der Waals surface area contributed by atoms with Gasteiger partial charge in [-0.25, -0.2) is 0 Å². The third-order valence-corrected chi connectivity index (χ3v) is 3.28. The summed E-state index contributed by atoms with van der Waals surface area (Å²) in [6.07, 6.45) is -10.1. The van der Waals surface area contributed by atoms with Crippen LogP contribution in [0.4, 0.5) is 0 Å². The largest absolute Gasteiger partial charge is 0.394 e. The Morgan fingerprint density at radius 1 is 0.789 bits per heavy atom. The Labute approximate surface area is 108 Å². The fraction of sp³-hybridized carbons (Fsp3) is 1.00. The van der Waals surface area contributed by atoms with Crippen LogP contribution in [0.2, 0.25) is 0 Å². The van der Waals surface area contributed by atoms with E-state index in [1.807, 2.05) is 0 Å². The van der Waals surface area contributed by atoms with Crippen molar-refractivity contribution in [1.29, 1.82) is 0 Å². The molecule has 0 unspecified atom stereocenters. The minimum absolute atomic E-state index is 0.506. The summed E-state index contributed by atoms with van der Waals surface area (Å²) < 4.78 is 15.1. The first-order chi connectivity index (χ1) is 8.99. The lowest BCUT2D eigenvalue weighted by Gasteiger charge is -2.23. The second kappa shape index (κ2) is 5.95. The number of aliphatic hydroxyl groups is 6. The molecule has 0 spiro atoms. The van der Waals surface area contributed by atoms with Gasteiger partial charge in [0.25, 0.3) is 0 Å². The first-order valence-corrected chi connectivity index (χ1v) is 5.90. The van der Waals surface area contributed by atoms with E-state index in [4.69, 9.17) is 24.4 Å². The van der Waals surface area contributed by atoms with Crippen molar-refractivity contribution < 1.29 is 44.8 Å². The van der Waals surface area contributed by atoms with Crippen LogP contribution in [0.3, 0.4) is 0 Å². The molecule has 2 aliphatic rings. The molecule has 2 saturated heterocycles. The molecule has 9 nitrogen and oxygen atoms in total. The van der Waals surface area contributed by atoms with Crippen molar-refractivity contribution in [3.05, 3.63) is 0 Å². The van der Waals surface area contributed by atoms with E-state index in [9.17, 15) is 20.4 Å². The maximum atomic E-state index is 9.74. The molecule has 9 heteroatoms. The summed E-state index contributed by atoms with van der Waals surface area (Å²) in [5, 5.41) is 56.2. The van der Waals surface area contributed by atoms with Gasteiger partial charge in [-0.2, -0.15) is 0 Å². The zero-order chi connectivity index (χ0) is 14.2. The highest BCUT2D eigenvalue weighted by molar-refractivity contribution is 4.91. The van der Waals surface area contributed by atoms with Gasteiger partial charge in [0, 0.05) is 0 Å². The maximum absolute atomic E-state index is 9.74. The quantitative estimate of drug-likeness (QED) is 0.302. The average molecular weight is 282 g/mol. The maximum Gasteiger partial charge on any atom is 0.187 e. The van der Waals surface area contributed by atoms with E-state index >= 15 is 0 Å². The van der Waals surface area contributed by atoms with E-state index in [0.717, 1.165) is 0 Å². The summed E-state index contributed by atoms with van der Waals surface area (Å²) in [6.45, 7) is -1.02. The molecule has 8 atom stereocenters. The number of hydrogen-bond acceptors (Lipinski definition) is 9. The molecular weight excluding hydrogens is 264 g/mol. The SMILES string of the molecule is OC[C@H]1O[C@H](O[C@H]2[C@H](O)[C@@H](CO)O[C@@H]2O)[C@@H](O)[C@@H]1O. The molecule has 0 aromatic rings. The van der Waals surface area contributed by atoms with Crippen LogP contribution >= 0.6 is 0 Å². The molecule has 2 aliphatic heterocycles. The summed E-state index contributed by atoms with van der Waals surface area (Å²) in [5.41, 5.74) is 0. The van der Waals surface area contributed by atoms with Gasteiger partial charge in [0.2, 0.25) is 0 Å². The van der Waals surface area contributed by atoms with Gasteiger partial charge in [-0.1, -0.05) is 0 Å². The van der Waals surface area contributed by atoms with Gasteiger partial charge in [0.1, 0.15) is 36.6 Å². The zero-order valence-electron chi connectivity index (χ0n) is 9.94. The minimum atomic E-state index is -1.49. The van der Waals surface area contributed by atoms with Gasteiger partial charge in [0.15, 0.2) is 12.6 Å². The molecule has 112 valence electrons. The third kappa shape index (κ3) is 2.75. The zero-order valence-corrected chi connectivity index (χ0v) is 9.94. The Balaban J connectivity index is 1.98. The van der Waals surface area contributed by atoms with Crippen molar-refractivity contribution in [3.63, 3.8) is 0 Å². The highest BCUT2D eigenvalue weighted by Crippen LogP contribution is 2.28. The molecule has 19 heavy (non-hydrogen) atoms. The van der Waals surface area contributed by atoms with E-state index in [-0.39, 0.29) is 0 Å². The lowest BCUT2D eigenvalue weighted by molar-refractivity contribution is -0.236. The van der Waals surface area contributed by atoms with Crippen LogP contribution in [0.5, 0.6) is 0 Å². The highest BCUT2D eigenvalue weighted by Gasteiger charge is 2.49. The highest BCUT2D eigenvalue weighted by atomic mass is 16.7. The van der Waals surface area contributed by atoms with Crippen LogP contribution in [0.1, 0.15) is 0 Å². The van der Waals surface area contributed by atoms with Gasteiger partial charge in [-0.3, -0.25) is 0 Å². The van der Waals surface area contributed by atoms with E-state index in [1.54, 1.807) is 0 Å². The molecule has 0 aromatic heterocycles. The Morgan fingerprint density at radius 3 is 1.84 bits per heavy atom. The second-order valence-electron chi connectivity index (χ2n) is 4.55. The van der Waals surface area contributed by atoms with Crippen LogP contribution in [0, 0.1) is 0 Å². The number of rotatable bonds is 4. The van der Waals surface area contributed by atoms with Crippen LogP contribution in [-0.2, 0) is 14.2 Å². The first kappa shape index (κ1) is 15.0. The molecule has 0 aliphatic carbocycles. The van der Waals surface area contributed by atoms with Gasteiger partial charge >= 0.3 is 0 Å². The lowest BCUT2D eigenvalue weighted by atomic mass is 10.1. The number of ether oxygens (including phenoxy) is 3. The first-order valence-electron chi connectivity index (χ1n) is 5.90. The van der Waals surface area contributed by atoms with Crippen molar-refractivity contribution in [2.45, 2.75) is 49.2 Å². The van der Waals surface area contributed by atoms with Crippen molar-refractivity contribution in [3.8, 4) is 0 Å². The van der Waals surface area contributed by atoms with E-state index < -0.39 is 62.4 Å². The number of hydrogen-bond donors (Lipinski definition) is 6. The van der Waals surface area contributed by atoms with Gasteiger partial charge in [-0.05, 0) is 0 Å². The molecule has 0 bridgehead atoms. The topological polar surface area (TPSA) is 149 Å². The third-order valence-electron chi connectivity index (χ3n) is 3.28. The van der Waals surface area contributed by atoms with Gasteiger partial charge in [0.05, 0.1) is 13.2 Å². The smallest absolute Gasteiger partial charge is 0.187 e. The van der Waals surface area contributed by atoms with Crippen LogP contribution in [-0.4, -0.2) is 93.1 Å². The van der Waals surface area contributed by atoms with Crippen LogP contribution < -0.4 is 0 Å². The summed E-state index contributed by atoms with van der Waals surface area (Å²) in [6, 6.07) is 0. The Hall–Kier alpha value is -0.360. The standard InChI is InChI=1S/C10H18O9/c11-1-3-5(13)7(15)10(18-3)19-8-6(14)4(2-12)17-9(8)16/h3-16H,1-2H2/t3-,4-,5-,6-,7+,8+,9+,10-/m1/s1. The lowest BCUT2D eigenvalue weighted by Crippen LogP contribution is -2.42. The van der Waals surface area contributed by atoms with Crippen molar-refractivity contribution in [1.82, 2.24) is 0 Å². The molecule has 6 N–H and O–H groups in total. The summed E-state index contributed by atoms with van der Waals surface area (Å²) >= 11 is 0. The molecular formula is C10H18O9. The predicted octanol–water partition coefficient (Wildman–Crippen LogP) is -4.12. The summed E-state index contributed by atoms with van der Waals surface area (Å²) in [7, 11) is 0. The molecule has 2 heterocycles. The molecule has 0 amide bonds. The molecule has 2 rings (SSSR count). The predicted molar refractivity (Wildman–Crippen MR) is 56.6 cm³/mol. The average Bonchev–Trinajstić information content (AvgIpc) is 2.83. The van der Waals surface area contributed by atoms with Crippen molar-refractivity contribution in [2.75, 3.05) is 13.2 Å². The molecule has 0 aromatic carbocycles. The fourth-order valence-electron chi connectivity index (χ4n) is 2.15. The monoisotopic (exact) mass is 282 g/mol. The molecule has 0 saturated carbocycles. The summed E-state index contributed by atoms with van der Waals surface area (Å²) in [4.78, 5) is 0. The van der Waals surface area contributed by atoms with E-state index in [0.29, 0.717) is 0 Å². The normalized spacial score (nSPS) is 50.8. The fourth-order valence-corrected chi connectivity index (χ4v) is 2.15. The Morgan fingerprint density at radius 2 is 1.37 bits per heavy atom. The molecule has 2 fully saturated rings. The number of aliphatic hydroxyl groups excluding tert-OH is 6. The van der Waals surface area contributed by atoms with E-state index in [1.165, 1.54) is 0 Å². The summed E-state index contributed by atoms with van der Waals surface area (Å²) in [5.74, 6) is 0. The Bertz CT molecular complexity index is 301. The minimum Gasteiger partial charge on any atom is -0.394 e. The van der Waals surface area contributed by atoms with Crippen molar-refractivity contribution >= 4 is 0 Å². The van der Waals surface area contributed by atoms with Gasteiger partial charge in [-0.15, -0.1) is 0 Å². The molecule has 0 radical (unpaired) electrons. The second-order valence-corrected chi connectivity index (χ2v) is 4.55. The van der Waals surface area contributed by atoms with Crippen LogP contribution in [0.15, 0.2) is 0 Å². The van der Waals surface area contributed by atoms with Crippen molar-refractivity contribution in [2.24, 2.45) is 0 Å². The van der Waals surface area contributed by atoms with E-state index in [2.05, 4.69) is 0 Å². The Kier molecular flexibility index (Phi) is 4.71. The van der Waals surface area contributed by atoms with Crippen LogP contribution in [0.25, 0.3) is 0 Å². The van der Waals surface area contributed by atoms with Gasteiger partial charge < -0.3 is 44.8 Å².